The molecule has 0 aromatic carbocycles. The maximum Gasteiger partial charge on any atom is 0.243 e. The molecular weight excluding hydrogens is 246 g/mol. The zero-order chi connectivity index (χ0) is 13.4. The first kappa shape index (κ1) is 12.2. The van der Waals surface area contributed by atoms with Crippen molar-refractivity contribution >= 4 is 23.2 Å². The van der Waals surface area contributed by atoms with Gasteiger partial charge in [-0.2, -0.15) is 0 Å². The molecule has 1 amide bonds. The van der Waals surface area contributed by atoms with E-state index in [2.05, 4.69) is 25.5 Å². The number of amides is 1. The number of morpholine rings is 1. The first-order valence-corrected chi connectivity index (χ1v) is 6.42. The van der Waals surface area contributed by atoms with Crippen molar-refractivity contribution in [2.45, 2.75) is 26.1 Å². The number of carbonyl (C=O) groups excluding carboxylic acids is 1. The molecule has 0 spiro atoms. The molecule has 19 heavy (non-hydrogen) atoms. The molecule has 0 bridgehead atoms. The summed E-state index contributed by atoms with van der Waals surface area (Å²) in [6, 6.07) is 0. The largest absolute Gasteiger partial charge is 0.372 e. The summed E-state index contributed by atoms with van der Waals surface area (Å²) in [6.07, 6.45) is 1.80. The lowest BCUT2D eigenvalue weighted by Crippen LogP contribution is -2.46. The van der Waals surface area contributed by atoms with Crippen LogP contribution in [0.5, 0.6) is 0 Å². The van der Waals surface area contributed by atoms with Crippen LogP contribution < -0.4 is 15.5 Å². The molecule has 7 heteroatoms. The van der Waals surface area contributed by atoms with Gasteiger partial charge < -0.3 is 20.3 Å². The van der Waals surface area contributed by atoms with Crippen LogP contribution in [0.2, 0.25) is 0 Å². The van der Waals surface area contributed by atoms with Crippen molar-refractivity contribution in [1.29, 1.82) is 0 Å². The van der Waals surface area contributed by atoms with Crippen molar-refractivity contribution in [3.8, 4) is 0 Å². The summed E-state index contributed by atoms with van der Waals surface area (Å²) in [4.78, 5) is 22.1. The summed E-state index contributed by atoms with van der Waals surface area (Å²) in [7, 11) is 0. The number of ether oxygens (including phenoxy) is 1. The van der Waals surface area contributed by atoms with Crippen molar-refractivity contribution in [2.75, 3.05) is 35.2 Å². The Balaban J connectivity index is 1.94. The Kier molecular flexibility index (Phi) is 2.98. The van der Waals surface area contributed by atoms with Crippen LogP contribution in [0.1, 0.15) is 13.8 Å². The number of hydrogen-bond acceptors (Lipinski definition) is 6. The molecule has 1 saturated heterocycles. The molecule has 1 fully saturated rings. The monoisotopic (exact) mass is 263 g/mol. The highest BCUT2D eigenvalue weighted by Gasteiger charge is 2.28. The molecule has 2 N–H and O–H groups in total. The summed E-state index contributed by atoms with van der Waals surface area (Å²) >= 11 is 0. The van der Waals surface area contributed by atoms with Gasteiger partial charge in [0.1, 0.15) is 12.0 Å². The lowest BCUT2D eigenvalue weighted by molar-refractivity contribution is -0.114. The number of nitrogens with one attached hydrogen (secondary N) is 2. The van der Waals surface area contributed by atoms with Gasteiger partial charge in [0.2, 0.25) is 5.91 Å². The van der Waals surface area contributed by atoms with Crippen LogP contribution in [0, 0.1) is 0 Å². The lowest BCUT2D eigenvalue weighted by atomic mass is 10.2. The molecule has 3 heterocycles. The van der Waals surface area contributed by atoms with E-state index >= 15 is 0 Å². The van der Waals surface area contributed by atoms with Gasteiger partial charge in [0.15, 0.2) is 11.6 Å². The van der Waals surface area contributed by atoms with Crippen LogP contribution in [0.3, 0.4) is 0 Å². The minimum Gasteiger partial charge on any atom is -0.372 e. The number of hydrogen-bond donors (Lipinski definition) is 2. The Morgan fingerprint density at radius 1 is 1.32 bits per heavy atom. The predicted molar refractivity (Wildman–Crippen MR) is 71.4 cm³/mol. The van der Waals surface area contributed by atoms with Crippen LogP contribution in [-0.2, 0) is 9.53 Å². The van der Waals surface area contributed by atoms with E-state index in [0.29, 0.717) is 11.5 Å². The fourth-order valence-corrected chi connectivity index (χ4v) is 2.56. The van der Waals surface area contributed by atoms with E-state index in [0.717, 1.165) is 18.9 Å². The first-order chi connectivity index (χ1) is 9.13. The first-order valence-electron chi connectivity index (χ1n) is 6.42. The third-order valence-electron chi connectivity index (χ3n) is 3.23. The van der Waals surface area contributed by atoms with Gasteiger partial charge in [-0.3, -0.25) is 4.79 Å². The van der Waals surface area contributed by atoms with Crippen LogP contribution in [0.15, 0.2) is 6.33 Å². The molecule has 0 aliphatic carbocycles. The smallest absolute Gasteiger partial charge is 0.243 e. The Morgan fingerprint density at radius 2 is 2.05 bits per heavy atom. The Labute approximate surface area is 111 Å². The van der Waals surface area contributed by atoms with Crippen molar-refractivity contribution in [2.24, 2.45) is 0 Å². The summed E-state index contributed by atoms with van der Waals surface area (Å²) < 4.78 is 5.72. The van der Waals surface area contributed by atoms with E-state index in [4.69, 9.17) is 4.74 Å². The van der Waals surface area contributed by atoms with Gasteiger partial charge >= 0.3 is 0 Å². The number of aromatic nitrogens is 2. The number of rotatable bonds is 1. The molecule has 1 aromatic rings. The zero-order valence-corrected chi connectivity index (χ0v) is 11.0. The van der Waals surface area contributed by atoms with Crippen molar-refractivity contribution < 1.29 is 9.53 Å². The summed E-state index contributed by atoms with van der Waals surface area (Å²) in [5.41, 5.74) is 0.667. The van der Waals surface area contributed by atoms with Crippen LogP contribution >= 0.6 is 0 Å². The van der Waals surface area contributed by atoms with E-state index < -0.39 is 0 Å². The van der Waals surface area contributed by atoms with Crippen LogP contribution in [-0.4, -0.2) is 47.7 Å². The molecule has 3 rings (SSSR count). The van der Waals surface area contributed by atoms with Crippen LogP contribution in [0.25, 0.3) is 0 Å². The second-order valence-corrected chi connectivity index (χ2v) is 4.98. The SMILES string of the molecule is CC1CN(c2ncnc3c2NC(=O)CN3)CC(C)O1. The zero-order valence-electron chi connectivity index (χ0n) is 11.0. The highest BCUT2D eigenvalue weighted by Crippen LogP contribution is 2.32. The number of anilines is 3. The maximum atomic E-state index is 11.5. The third kappa shape index (κ3) is 2.33. The summed E-state index contributed by atoms with van der Waals surface area (Å²) in [6.45, 7) is 5.83. The van der Waals surface area contributed by atoms with E-state index in [1.54, 1.807) is 0 Å². The number of nitrogens with zero attached hydrogens (tertiary/aromatic N) is 3. The van der Waals surface area contributed by atoms with Gasteiger partial charge in [0.05, 0.1) is 18.8 Å². The second kappa shape index (κ2) is 4.65. The average molecular weight is 263 g/mol. The maximum absolute atomic E-state index is 11.5. The summed E-state index contributed by atoms with van der Waals surface area (Å²) in [5.74, 6) is 1.36. The molecular formula is C12H17N5O2. The number of carbonyl (C=O) groups is 1. The lowest BCUT2D eigenvalue weighted by Gasteiger charge is -2.37. The van der Waals surface area contributed by atoms with Gasteiger partial charge in [-0.25, -0.2) is 9.97 Å². The quantitative estimate of drug-likeness (QED) is 0.766. The predicted octanol–water partition coefficient (Wildman–Crippen LogP) is 0.454. The highest BCUT2D eigenvalue weighted by molar-refractivity contribution is 6.02. The van der Waals surface area contributed by atoms with Gasteiger partial charge in [0.25, 0.3) is 0 Å². The van der Waals surface area contributed by atoms with Crippen molar-refractivity contribution in [3.05, 3.63) is 6.33 Å². The molecule has 0 radical (unpaired) electrons. The van der Waals surface area contributed by atoms with E-state index in [-0.39, 0.29) is 24.7 Å². The molecule has 0 saturated carbocycles. The number of fused-ring (bicyclic) bond motifs is 1. The van der Waals surface area contributed by atoms with E-state index in [1.807, 2.05) is 13.8 Å². The Bertz CT molecular complexity index is 497. The molecule has 1 aromatic heterocycles. The topological polar surface area (TPSA) is 79.4 Å². The minimum absolute atomic E-state index is 0.0714. The molecule has 102 valence electrons. The fourth-order valence-electron chi connectivity index (χ4n) is 2.56. The van der Waals surface area contributed by atoms with Crippen molar-refractivity contribution in [1.82, 2.24) is 9.97 Å². The van der Waals surface area contributed by atoms with E-state index in [9.17, 15) is 4.79 Å². The normalized spacial score (nSPS) is 26.4. The van der Waals surface area contributed by atoms with E-state index in [1.165, 1.54) is 6.33 Å². The van der Waals surface area contributed by atoms with Crippen LogP contribution in [0.4, 0.5) is 17.3 Å². The molecule has 2 aliphatic rings. The standard InChI is InChI=1S/C12H17N5O2/c1-7-4-17(5-8(2)19-7)12-10-11(14-6-15-12)13-3-9(18)16-10/h6-8H,3-5H2,1-2H3,(H,16,18)(H,13,14,15). The molecule has 7 nitrogen and oxygen atoms in total. The summed E-state index contributed by atoms with van der Waals surface area (Å²) in [5, 5.41) is 5.84. The van der Waals surface area contributed by atoms with Gasteiger partial charge in [-0.1, -0.05) is 0 Å². The molecule has 2 aliphatic heterocycles. The highest BCUT2D eigenvalue weighted by atomic mass is 16.5. The second-order valence-electron chi connectivity index (χ2n) is 4.98. The Morgan fingerprint density at radius 3 is 2.79 bits per heavy atom. The van der Waals surface area contributed by atoms with Gasteiger partial charge in [-0.15, -0.1) is 0 Å². The molecule has 2 atom stereocenters. The van der Waals surface area contributed by atoms with Crippen molar-refractivity contribution in [3.63, 3.8) is 0 Å². The third-order valence-corrected chi connectivity index (χ3v) is 3.23. The molecule has 2 unspecified atom stereocenters. The Hall–Kier alpha value is -1.89. The minimum atomic E-state index is -0.0714. The fraction of sp³-hybridized carbons (Fsp3) is 0.583. The van der Waals surface area contributed by atoms with Gasteiger partial charge in [-0.05, 0) is 13.8 Å². The average Bonchev–Trinajstić information content (AvgIpc) is 2.36. The van der Waals surface area contributed by atoms with Gasteiger partial charge in [0, 0.05) is 13.1 Å².